The molecule has 2 fully saturated rings. The number of rotatable bonds is 7. The molecule has 4 aliphatic rings. The summed E-state index contributed by atoms with van der Waals surface area (Å²) in [6.45, 7) is 4.20. The maximum Gasteiger partial charge on any atom is 0.309 e. The second-order valence-corrected chi connectivity index (χ2v) is 10.8. The summed E-state index contributed by atoms with van der Waals surface area (Å²) in [5, 5.41) is 22.1. The van der Waals surface area contributed by atoms with Crippen molar-refractivity contribution >= 4 is 11.8 Å². The van der Waals surface area contributed by atoms with Crippen molar-refractivity contribution in [3.05, 3.63) is 47.7 Å². The number of carbonyl (C=O) groups excluding carboxylic acids is 1. The monoisotopic (exact) mass is 492 g/mol. The predicted molar refractivity (Wildman–Crippen MR) is 136 cm³/mol. The summed E-state index contributed by atoms with van der Waals surface area (Å²) in [7, 11) is 0. The number of hydrogen-bond acceptors (Lipinski definition) is 7. The summed E-state index contributed by atoms with van der Waals surface area (Å²) >= 11 is 0. The summed E-state index contributed by atoms with van der Waals surface area (Å²) in [6.07, 6.45) is 11.6. The number of carbonyl (C=O) groups is 1. The highest BCUT2D eigenvalue weighted by molar-refractivity contribution is 5.72. The zero-order chi connectivity index (χ0) is 24.6. The Morgan fingerprint density at radius 3 is 2.31 bits per heavy atom. The molecule has 0 amide bonds. The van der Waals surface area contributed by atoms with Crippen LogP contribution in [0.5, 0.6) is 11.8 Å². The van der Waals surface area contributed by atoms with E-state index < -0.39 is 6.10 Å². The molecule has 8 heteroatoms. The van der Waals surface area contributed by atoms with Gasteiger partial charge in [-0.3, -0.25) is 14.3 Å². The van der Waals surface area contributed by atoms with Gasteiger partial charge >= 0.3 is 5.97 Å². The van der Waals surface area contributed by atoms with Crippen LogP contribution in [0.15, 0.2) is 36.5 Å². The third-order valence-electron chi connectivity index (χ3n) is 8.52. The van der Waals surface area contributed by atoms with Gasteiger partial charge in [-0.25, -0.2) is 4.98 Å². The lowest BCUT2D eigenvalue weighted by atomic mass is 9.89. The van der Waals surface area contributed by atoms with Gasteiger partial charge in [0.2, 0.25) is 0 Å². The average Bonchev–Trinajstić information content (AvgIpc) is 3.60. The first-order valence-electron chi connectivity index (χ1n) is 13.5. The van der Waals surface area contributed by atoms with Gasteiger partial charge in [-0.05, 0) is 31.4 Å². The van der Waals surface area contributed by atoms with Crippen molar-refractivity contribution in [2.24, 2.45) is 5.92 Å². The Kier molecular flexibility index (Phi) is 6.37. The second-order valence-electron chi connectivity index (χ2n) is 10.8. The summed E-state index contributed by atoms with van der Waals surface area (Å²) in [6, 6.07) is 5.96. The molecule has 1 saturated heterocycles. The highest BCUT2D eigenvalue weighted by Gasteiger charge is 2.41. The molecule has 0 aromatic carbocycles. The maximum absolute atomic E-state index is 13.1. The molecule has 3 heterocycles. The first-order valence-corrected chi connectivity index (χ1v) is 13.5. The molecule has 3 unspecified atom stereocenters. The van der Waals surface area contributed by atoms with Gasteiger partial charge in [-0.1, -0.05) is 37.5 Å². The van der Waals surface area contributed by atoms with Gasteiger partial charge in [-0.15, -0.1) is 0 Å². The van der Waals surface area contributed by atoms with Gasteiger partial charge in [-0.2, -0.15) is 0 Å². The van der Waals surface area contributed by atoms with Crippen LogP contribution in [0.4, 0.5) is 5.82 Å². The Morgan fingerprint density at radius 2 is 1.67 bits per heavy atom. The van der Waals surface area contributed by atoms with Crippen LogP contribution in [-0.4, -0.2) is 69.5 Å². The third-order valence-corrected chi connectivity index (χ3v) is 8.52. The molecule has 0 spiro atoms. The van der Waals surface area contributed by atoms with Gasteiger partial charge in [0.25, 0.3) is 0 Å². The van der Waals surface area contributed by atoms with Crippen LogP contribution < -0.4 is 4.90 Å². The smallest absolute Gasteiger partial charge is 0.309 e. The molecule has 2 bridgehead atoms. The number of aromatic hydroxyl groups is 2. The van der Waals surface area contributed by atoms with Gasteiger partial charge in [0.05, 0.1) is 12.5 Å². The number of anilines is 1. The maximum atomic E-state index is 13.1. The molecule has 192 valence electrons. The fourth-order valence-corrected chi connectivity index (χ4v) is 6.59. The number of fused-ring (bicyclic) bond motifs is 5. The van der Waals surface area contributed by atoms with Crippen molar-refractivity contribution in [2.75, 3.05) is 37.6 Å². The molecule has 8 nitrogen and oxygen atoms in total. The fourth-order valence-electron chi connectivity index (χ4n) is 6.59. The standard InChI is InChI=1S/C28H36N4O4/c33-26-24-20-9-10-21(16-20)25(24)27(34)32(26)18-22(36-28(35)19-6-2-1-3-7-19)17-30-12-14-31(15-13-30)23-8-4-5-11-29-23/h4-5,8-11,19-22,33-34H,1-3,6-7,12-18H2. The molecule has 1 saturated carbocycles. The van der Waals surface area contributed by atoms with Crippen molar-refractivity contribution in [3.8, 4) is 11.8 Å². The van der Waals surface area contributed by atoms with E-state index >= 15 is 0 Å². The average molecular weight is 493 g/mol. The third kappa shape index (κ3) is 4.36. The summed E-state index contributed by atoms with van der Waals surface area (Å²) in [5.41, 5.74) is 1.70. The van der Waals surface area contributed by atoms with Crippen molar-refractivity contribution < 1.29 is 19.7 Å². The topological polar surface area (TPSA) is 91.1 Å². The zero-order valence-electron chi connectivity index (χ0n) is 20.8. The van der Waals surface area contributed by atoms with Crippen molar-refractivity contribution in [3.63, 3.8) is 0 Å². The van der Waals surface area contributed by atoms with E-state index in [0.717, 1.165) is 75.2 Å². The molecular weight excluding hydrogens is 456 g/mol. The normalized spacial score (nSPS) is 24.7. The van der Waals surface area contributed by atoms with Crippen LogP contribution in [-0.2, 0) is 16.1 Å². The van der Waals surface area contributed by atoms with Crippen LogP contribution in [0, 0.1) is 5.92 Å². The largest absolute Gasteiger partial charge is 0.494 e. The van der Waals surface area contributed by atoms with E-state index in [4.69, 9.17) is 4.74 Å². The number of ether oxygens (including phenoxy) is 1. The number of piperazine rings is 1. The summed E-state index contributed by atoms with van der Waals surface area (Å²) < 4.78 is 7.69. The lowest BCUT2D eigenvalue weighted by Crippen LogP contribution is -2.50. The minimum absolute atomic E-state index is 0.0424. The van der Waals surface area contributed by atoms with E-state index in [2.05, 4.69) is 26.9 Å². The number of aromatic nitrogens is 2. The van der Waals surface area contributed by atoms with Gasteiger partial charge in [0.15, 0.2) is 11.8 Å². The molecule has 2 aromatic heterocycles. The zero-order valence-corrected chi connectivity index (χ0v) is 20.8. The first-order chi connectivity index (χ1) is 17.6. The predicted octanol–water partition coefficient (Wildman–Crippen LogP) is 3.75. The Labute approximate surface area is 212 Å². The molecule has 2 aromatic rings. The van der Waals surface area contributed by atoms with Crippen LogP contribution >= 0.6 is 0 Å². The Bertz CT molecular complexity index is 1080. The molecule has 0 radical (unpaired) electrons. The number of pyridine rings is 1. The minimum atomic E-state index is -0.448. The number of hydrogen-bond donors (Lipinski definition) is 2. The molecular formula is C28H36N4O4. The van der Waals surface area contributed by atoms with Gasteiger partial charge in [0.1, 0.15) is 11.9 Å². The quantitative estimate of drug-likeness (QED) is 0.449. The van der Waals surface area contributed by atoms with E-state index in [1.165, 1.54) is 6.42 Å². The van der Waals surface area contributed by atoms with E-state index in [-0.39, 0.29) is 42.0 Å². The van der Waals surface area contributed by atoms with E-state index in [0.29, 0.717) is 6.54 Å². The van der Waals surface area contributed by atoms with Crippen LogP contribution in [0.25, 0.3) is 0 Å². The number of allylic oxidation sites excluding steroid dienone is 2. The minimum Gasteiger partial charge on any atom is -0.494 e. The Balaban J connectivity index is 1.17. The molecule has 3 aliphatic carbocycles. The van der Waals surface area contributed by atoms with E-state index in [9.17, 15) is 15.0 Å². The highest BCUT2D eigenvalue weighted by Crippen LogP contribution is 2.56. The molecule has 6 rings (SSSR count). The second kappa shape index (κ2) is 9.81. The van der Waals surface area contributed by atoms with Gasteiger partial charge in [0, 0.05) is 61.9 Å². The number of esters is 1. The van der Waals surface area contributed by atoms with Crippen molar-refractivity contribution in [1.29, 1.82) is 0 Å². The van der Waals surface area contributed by atoms with E-state index in [1.54, 1.807) is 4.57 Å². The summed E-state index contributed by atoms with van der Waals surface area (Å²) in [4.78, 5) is 22.2. The molecule has 2 N–H and O–H groups in total. The Morgan fingerprint density at radius 1 is 0.972 bits per heavy atom. The van der Waals surface area contributed by atoms with Gasteiger partial charge < -0.3 is 19.8 Å². The van der Waals surface area contributed by atoms with Crippen LogP contribution in [0.3, 0.4) is 0 Å². The lowest BCUT2D eigenvalue weighted by molar-refractivity contribution is -0.157. The molecule has 3 atom stereocenters. The van der Waals surface area contributed by atoms with Crippen molar-refractivity contribution in [2.45, 2.75) is 63.0 Å². The lowest BCUT2D eigenvalue weighted by Gasteiger charge is -2.37. The molecule has 36 heavy (non-hydrogen) atoms. The highest BCUT2D eigenvalue weighted by atomic mass is 16.5. The van der Waals surface area contributed by atoms with Crippen LogP contribution in [0.2, 0.25) is 0 Å². The Hall–Kier alpha value is -3.00. The van der Waals surface area contributed by atoms with Crippen LogP contribution in [0.1, 0.15) is 61.5 Å². The SMILES string of the molecule is O=C(OC(CN1CCN(c2ccccn2)CC1)Cn1c(O)c2c(c1O)C1C=CC2C1)C1CCCCC1. The van der Waals surface area contributed by atoms with E-state index in [1.807, 2.05) is 24.4 Å². The summed E-state index contributed by atoms with van der Waals surface area (Å²) in [5.74, 6) is 1.39. The number of nitrogens with zero attached hydrogens (tertiary/aromatic N) is 4. The fraction of sp³-hybridized carbons (Fsp3) is 0.571. The van der Waals surface area contributed by atoms with Crippen molar-refractivity contribution in [1.82, 2.24) is 14.5 Å². The first kappa shape index (κ1) is 23.4. The molecule has 1 aliphatic heterocycles.